The van der Waals surface area contributed by atoms with Crippen molar-refractivity contribution < 1.29 is 19.7 Å². The van der Waals surface area contributed by atoms with Gasteiger partial charge in [-0.3, -0.25) is 0 Å². The maximum Gasteiger partial charge on any atom is 0.154 e. The van der Waals surface area contributed by atoms with Gasteiger partial charge in [-0.05, 0) is 19.8 Å². The second-order valence-corrected chi connectivity index (χ2v) is 2.19. The van der Waals surface area contributed by atoms with Crippen molar-refractivity contribution in [3.05, 3.63) is 0 Å². The molecular weight excluding hydrogens is 160 g/mol. The summed E-state index contributed by atoms with van der Waals surface area (Å²) in [5, 5.41) is 16.2. The Morgan fingerprint density at radius 3 is 1.42 bits per heavy atom. The van der Waals surface area contributed by atoms with Crippen LogP contribution in [0.15, 0.2) is 0 Å². The lowest BCUT2D eigenvalue weighted by Gasteiger charge is -2.03. The zero-order valence-corrected chi connectivity index (χ0v) is 8.12. The van der Waals surface area contributed by atoms with Crippen molar-refractivity contribution in [3.63, 3.8) is 0 Å². The minimum absolute atomic E-state index is 0.0648. The summed E-state index contributed by atoms with van der Waals surface area (Å²) in [6, 6.07) is 0. The van der Waals surface area contributed by atoms with E-state index >= 15 is 0 Å². The summed E-state index contributed by atoms with van der Waals surface area (Å²) < 4.78 is 9.35. The van der Waals surface area contributed by atoms with E-state index in [-0.39, 0.29) is 19.5 Å². The molecule has 0 aromatic carbocycles. The number of rotatable bonds is 5. The van der Waals surface area contributed by atoms with Crippen molar-refractivity contribution >= 4 is 0 Å². The van der Waals surface area contributed by atoms with Crippen LogP contribution in [0.5, 0.6) is 0 Å². The Morgan fingerprint density at radius 1 is 1.00 bits per heavy atom. The smallest absolute Gasteiger partial charge is 0.154 e. The fraction of sp³-hybridized carbons (Fsp3) is 1.00. The predicted molar refractivity (Wildman–Crippen MR) is 46.9 cm³/mol. The highest BCUT2D eigenvalue weighted by Gasteiger charge is 1.87. The molecule has 2 N–H and O–H groups in total. The number of aliphatic hydroxyl groups excluding tert-OH is 2. The summed E-state index contributed by atoms with van der Waals surface area (Å²) in [4.78, 5) is 0. The number of unbranched alkanes of at least 4 members (excludes halogenated alkanes) is 1. The second kappa shape index (κ2) is 13.4. The van der Waals surface area contributed by atoms with Crippen molar-refractivity contribution in [2.45, 2.75) is 26.1 Å². The van der Waals surface area contributed by atoms with E-state index in [0.29, 0.717) is 0 Å². The fourth-order valence-corrected chi connectivity index (χ4v) is 0.320. The van der Waals surface area contributed by atoms with Gasteiger partial charge in [-0.1, -0.05) is 0 Å². The number of hydrogen-bond acceptors (Lipinski definition) is 4. The van der Waals surface area contributed by atoms with Crippen LogP contribution in [0.2, 0.25) is 0 Å². The van der Waals surface area contributed by atoms with Gasteiger partial charge in [0.25, 0.3) is 0 Å². The summed E-state index contributed by atoms with van der Waals surface area (Å²) in [6.45, 7) is 2.22. The molecule has 0 amide bonds. The predicted octanol–water partition coefficient (Wildman–Crippen LogP) is 0.376. The molecule has 76 valence electrons. The summed E-state index contributed by atoms with van der Waals surface area (Å²) in [6.07, 6.45) is 1.37. The summed E-state index contributed by atoms with van der Waals surface area (Å²) in [7, 11) is 3.21. The minimum atomic E-state index is -0.0648. The maximum absolute atomic E-state index is 8.09. The Kier molecular flexibility index (Phi) is 16.1. The highest BCUT2D eigenvalue weighted by Crippen LogP contribution is 1.83. The Morgan fingerprint density at radius 2 is 1.33 bits per heavy atom. The first-order valence-corrected chi connectivity index (χ1v) is 4.00. The zero-order chi connectivity index (χ0) is 9.82. The molecule has 4 heteroatoms. The SMILES string of the molecule is COC(C)OC.OCCCCO. The number of hydrogen-bond donors (Lipinski definition) is 2. The Hall–Kier alpha value is -0.160. The van der Waals surface area contributed by atoms with Crippen LogP contribution in [-0.4, -0.2) is 43.9 Å². The molecule has 0 radical (unpaired) electrons. The average molecular weight is 180 g/mol. The molecule has 4 nitrogen and oxygen atoms in total. The van der Waals surface area contributed by atoms with Crippen molar-refractivity contribution in [1.82, 2.24) is 0 Å². The molecule has 0 saturated heterocycles. The Bertz CT molecular complexity index is 60.1. The molecule has 0 spiro atoms. The molecule has 0 aliphatic carbocycles. The molecule has 0 aromatic heterocycles. The van der Waals surface area contributed by atoms with Crippen molar-refractivity contribution in [3.8, 4) is 0 Å². The van der Waals surface area contributed by atoms with E-state index in [2.05, 4.69) is 9.47 Å². The van der Waals surface area contributed by atoms with Crippen LogP contribution < -0.4 is 0 Å². The van der Waals surface area contributed by atoms with Crippen molar-refractivity contribution in [2.75, 3.05) is 27.4 Å². The van der Waals surface area contributed by atoms with Crippen molar-refractivity contribution in [2.24, 2.45) is 0 Å². The molecule has 0 aliphatic heterocycles. The Balaban J connectivity index is 0. The summed E-state index contributed by atoms with van der Waals surface area (Å²) in [5.74, 6) is 0. The molecule has 0 aromatic rings. The normalized spacial score (nSPS) is 9.50. The molecule has 0 atom stereocenters. The number of ether oxygens (including phenoxy) is 2. The largest absolute Gasteiger partial charge is 0.396 e. The molecule has 0 bridgehead atoms. The van der Waals surface area contributed by atoms with Crippen LogP contribution >= 0.6 is 0 Å². The van der Waals surface area contributed by atoms with Gasteiger partial charge in [-0.25, -0.2) is 0 Å². The van der Waals surface area contributed by atoms with Crippen LogP contribution in [0.1, 0.15) is 19.8 Å². The highest BCUT2D eigenvalue weighted by atomic mass is 16.7. The van der Waals surface area contributed by atoms with E-state index in [9.17, 15) is 0 Å². The third-order valence-corrected chi connectivity index (χ3v) is 1.23. The topological polar surface area (TPSA) is 58.9 Å². The minimum Gasteiger partial charge on any atom is -0.396 e. The van der Waals surface area contributed by atoms with Crippen LogP contribution in [-0.2, 0) is 9.47 Å². The molecule has 0 heterocycles. The monoisotopic (exact) mass is 180 g/mol. The molecule has 0 aliphatic rings. The van der Waals surface area contributed by atoms with Crippen LogP contribution in [0.3, 0.4) is 0 Å². The standard InChI is InChI=1S/2C4H10O2/c1-4(5-2)6-3;5-3-1-2-4-6/h4H,1-3H3;5-6H,1-4H2. The number of aliphatic hydroxyl groups is 2. The summed E-state index contributed by atoms with van der Waals surface area (Å²) in [5.41, 5.74) is 0. The van der Waals surface area contributed by atoms with E-state index in [1.54, 1.807) is 14.2 Å². The maximum atomic E-state index is 8.09. The van der Waals surface area contributed by atoms with Gasteiger partial charge < -0.3 is 19.7 Å². The molecule has 0 rings (SSSR count). The van der Waals surface area contributed by atoms with Gasteiger partial charge in [0.05, 0.1) is 0 Å². The van der Waals surface area contributed by atoms with Gasteiger partial charge in [0, 0.05) is 27.4 Å². The molecule has 0 unspecified atom stereocenters. The van der Waals surface area contributed by atoms with Crippen LogP contribution in [0, 0.1) is 0 Å². The van der Waals surface area contributed by atoms with Gasteiger partial charge in [-0.15, -0.1) is 0 Å². The van der Waals surface area contributed by atoms with Crippen molar-refractivity contribution in [1.29, 1.82) is 0 Å². The quantitative estimate of drug-likeness (QED) is 0.474. The lowest BCUT2D eigenvalue weighted by Crippen LogP contribution is -2.05. The average Bonchev–Trinajstić information content (AvgIpc) is 2.14. The number of methoxy groups -OCH3 is 2. The third kappa shape index (κ3) is 16.4. The first-order valence-electron chi connectivity index (χ1n) is 4.00. The van der Waals surface area contributed by atoms with Gasteiger partial charge in [0.2, 0.25) is 0 Å². The van der Waals surface area contributed by atoms with E-state index < -0.39 is 0 Å². The fourth-order valence-electron chi connectivity index (χ4n) is 0.320. The van der Waals surface area contributed by atoms with Gasteiger partial charge in [0.1, 0.15) is 0 Å². The zero-order valence-electron chi connectivity index (χ0n) is 8.12. The van der Waals surface area contributed by atoms with Crippen LogP contribution in [0.4, 0.5) is 0 Å². The van der Waals surface area contributed by atoms with Gasteiger partial charge >= 0.3 is 0 Å². The molecule has 0 fully saturated rings. The van der Waals surface area contributed by atoms with E-state index in [0.717, 1.165) is 12.8 Å². The van der Waals surface area contributed by atoms with E-state index in [1.165, 1.54) is 0 Å². The van der Waals surface area contributed by atoms with Crippen LogP contribution in [0.25, 0.3) is 0 Å². The van der Waals surface area contributed by atoms with Gasteiger partial charge in [-0.2, -0.15) is 0 Å². The lowest BCUT2D eigenvalue weighted by molar-refractivity contribution is -0.0877. The molecular formula is C8H20O4. The van der Waals surface area contributed by atoms with E-state index in [4.69, 9.17) is 10.2 Å². The molecule has 0 saturated carbocycles. The molecule has 12 heavy (non-hydrogen) atoms. The van der Waals surface area contributed by atoms with E-state index in [1.807, 2.05) is 6.92 Å². The highest BCUT2D eigenvalue weighted by molar-refractivity contribution is 4.30. The second-order valence-electron chi connectivity index (χ2n) is 2.19. The summed E-state index contributed by atoms with van der Waals surface area (Å²) >= 11 is 0. The lowest BCUT2D eigenvalue weighted by atomic mass is 10.3. The third-order valence-electron chi connectivity index (χ3n) is 1.23. The Labute approximate surface area is 74.1 Å². The van der Waals surface area contributed by atoms with Gasteiger partial charge in [0.15, 0.2) is 6.29 Å². The first-order chi connectivity index (χ1) is 5.72. The first kappa shape index (κ1) is 14.4.